The summed E-state index contributed by atoms with van der Waals surface area (Å²) in [5.74, 6) is 0.387. The number of likely N-dealkylation sites (tertiary alicyclic amines) is 1. The second-order valence-corrected chi connectivity index (χ2v) is 9.70. The molecule has 1 heterocycles. The third-order valence-corrected chi connectivity index (χ3v) is 6.97. The molecule has 24 heavy (non-hydrogen) atoms. The van der Waals surface area contributed by atoms with Gasteiger partial charge in [0.25, 0.3) is 0 Å². The summed E-state index contributed by atoms with van der Waals surface area (Å²) in [4.78, 5) is 14.6. The Morgan fingerprint density at radius 1 is 1.12 bits per heavy atom. The van der Waals surface area contributed by atoms with Crippen LogP contribution < -0.4 is 5.32 Å². The lowest BCUT2D eigenvalue weighted by Gasteiger charge is -2.31. The molecule has 1 amide bonds. The van der Waals surface area contributed by atoms with Crippen LogP contribution in [0.2, 0.25) is 0 Å². The number of hydrogen-bond donors (Lipinski definition) is 1. The summed E-state index contributed by atoms with van der Waals surface area (Å²) in [5, 5.41) is 3.06. The maximum atomic E-state index is 12.4. The van der Waals surface area contributed by atoms with E-state index in [4.69, 9.17) is 0 Å². The Balaban J connectivity index is 1.45. The summed E-state index contributed by atoms with van der Waals surface area (Å²) in [5.41, 5.74) is 0. The number of carbonyl (C=O) groups excluding carboxylic acids is 1. The van der Waals surface area contributed by atoms with E-state index >= 15 is 0 Å². The molecule has 0 aromatic heterocycles. The van der Waals surface area contributed by atoms with Crippen LogP contribution in [0.5, 0.6) is 0 Å². The molecule has 1 aromatic carbocycles. The number of nitrogens with zero attached hydrogens (tertiary/aromatic N) is 1. The topological polar surface area (TPSA) is 66.5 Å². The number of rotatable bonds is 6. The van der Waals surface area contributed by atoms with Gasteiger partial charge in [-0.05, 0) is 63.0 Å². The Morgan fingerprint density at radius 2 is 1.75 bits per heavy atom. The second kappa shape index (κ2) is 7.54. The zero-order chi connectivity index (χ0) is 17.2. The molecule has 0 bridgehead atoms. The van der Waals surface area contributed by atoms with Crippen molar-refractivity contribution < 1.29 is 13.2 Å². The first kappa shape index (κ1) is 17.9. The van der Waals surface area contributed by atoms with E-state index in [0.717, 1.165) is 43.2 Å². The van der Waals surface area contributed by atoms with Gasteiger partial charge in [0.2, 0.25) is 5.91 Å². The number of sulfone groups is 1. The quantitative estimate of drug-likeness (QED) is 0.774. The Bertz CT molecular complexity index is 678. The molecule has 0 unspecified atom stereocenters. The Hall–Kier alpha value is -0.920. The summed E-state index contributed by atoms with van der Waals surface area (Å²) >= 11 is 3.31. The molecule has 1 saturated heterocycles. The lowest BCUT2D eigenvalue weighted by molar-refractivity contribution is -0.126. The van der Waals surface area contributed by atoms with Crippen molar-refractivity contribution >= 4 is 31.7 Å². The molecule has 5 nitrogen and oxygen atoms in total. The molecule has 1 aromatic rings. The minimum atomic E-state index is -3.26. The Morgan fingerprint density at radius 3 is 2.33 bits per heavy atom. The van der Waals surface area contributed by atoms with Gasteiger partial charge in [-0.15, -0.1) is 0 Å². The number of amides is 1. The number of halogens is 1. The van der Waals surface area contributed by atoms with Crippen LogP contribution in [-0.2, 0) is 14.6 Å². The van der Waals surface area contributed by atoms with Gasteiger partial charge in [0.15, 0.2) is 9.84 Å². The first-order valence-corrected chi connectivity index (χ1v) is 10.9. The lowest BCUT2D eigenvalue weighted by Crippen LogP contribution is -2.42. The lowest BCUT2D eigenvalue weighted by atomic mass is 9.96. The minimum Gasteiger partial charge on any atom is -0.353 e. The summed E-state index contributed by atoms with van der Waals surface area (Å²) in [6.07, 6.45) is 3.85. The maximum Gasteiger partial charge on any atom is 0.223 e. The fourth-order valence-corrected chi connectivity index (χ4v) is 4.52. The van der Waals surface area contributed by atoms with Gasteiger partial charge < -0.3 is 10.2 Å². The molecule has 2 aliphatic rings. The zero-order valence-corrected chi connectivity index (χ0v) is 16.0. The summed E-state index contributed by atoms with van der Waals surface area (Å²) in [7, 11) is -3.26. The Labute approximate surface area is 151 Å². The highest BCUT2D eigenvalue weighted by molar-refractivity contribution is 9.10. The van der Waals surface area contributed by atoms with Gasteiger partial charge in [-0.2, -0.15) is 0 Å². The van der Waals surface area contributed by atoms with Crippen molar-refractivity contribution in [2.75, 3.05) is 25.4 Å². The maximum absolute atomic E-state index is 12.4. The van der Waals surface area contributed by atoms with Crippen LogP contribution in [0.1, 0.15) is 25.7 Å². The molecule has 0 spiro atoms. The van der Waals surface area contributed by atoms with Crippen LogP contribution in [0.3, 0.4) is 0 Å². The normalized spacial score (nSPS) is 20.0. The highest BCUT2D eigenvalue weighted by atomic mass is 79.9. The molecule has 1 N–H and O–H groups in total. The van der Waals surface area contributed by atoms with Crippen molar-refractivity contribution in [3.63, 3.8) is 0 Å². The zero-order valence-electron chi connectivity index (χ0n) is 13.6. The van der Waals surface area contributed by atoms with Gasteiger partial charge in [0, 0.05) is 23.0 Å². The van der Waals surface area contributed by atoms with Crippen LogP contribution >= 0.6 is 15.9 Å². The molecular weight excluding hydrogens is 392 g/mol. The monoisotopic (exact) mass is 414 g/mol. The molecule has 1 saturated carbocycles. The molecule has 0 radical (unpaired) electrons. The van der Waals surface area contributed by atoms with Crippen molar-refractivity contribution in [1.29, 1.82) is 0 Å². The van der Waals surface area contributed by atoms with Gasteiger partial charge in [-0.3, -0.25) is 4.79 Å². The SMILES string of the molecule is O=C(NC1CC1)C1CCN(CCS(=O)(=O)c2ccc(Br)cc2)CC1. The molecule has 7 heteroatoms. The molecular formula is C17H23BrN2O3S. The third kappa shape index (κ3) is 4.80. The van der Waals surface area contributed by atoms with Crippen molar-refractivity contribution in [1.82, 2.24) is 10.2 Å². The average molecular weight is 415 g/mol. The van der Waals surface area contributed by atoms with Crippen molar-refractivity contribution in [2.45, 2.75) is 36.6 Å². The molecule has 132 valence electrons. The summed E-state index contributed by atoms with van der Waals surface area (Å²) in [6, 6.07) is 7.17. The first-order valence-electron chi connectivity index (χ1n) is 8.45. The smallest absolute Gasteiger partial charge is 0.223 e. The number of carbonyl (C=O) groups is 1. The summed E-state index contributed by atoms with van der Waals surface area (Å²) in [6.45, 7) is 2.10. The van der Waals surface area contributed by atoms with E-state index in [1.54, 1.807) is 24.3 Å². The minimum absolute atomic E-state index is 0.0879. The van der Waals surface area contributed by atoms with Crippen LogP contribution in [0.15, 0.2) is 33.6 Å². The van der Waals surface area contributed by atoms with Crippen LogP contribution in [0, 0.1) is 5.92 Å². The molecule has 1 aliphatic carbocycles. The highest BCUT2D eigenvalue weighted by Crippen LogP contribution is 2.23. The molecule has 1 aliphatic heterocycles. The summed E-state index contributed by atoms with van der Waals surface area (Å²) < 4.78 is 25.6. The van der Waals surface area contributed by atoms with Gasteiger partial charge in [0.1, 0.15) is 0 Å². The van der Waals surface area contributed by atoms with E-state index in [9.17, 15) is 13.2 Å². The first-order chi connectivity index (χ1) is 11.4. The Kier molecular flexibility index (Phi) is 5.62. The number of piperidine rings is 1. The van der Waals surface area contributed by atoms with Gasteiger partial charge in [-0.25, -0.2) is 8.42 Å². The van der Waals surface area contributed by atoms with Gasteiger partial charge in [-0.1, -0.05) is 15.9 Å². The van der Waals surface area contributed by atoms with Crippen molar-refractivity contribution in [2.24, 2.45) is 5.92 Å². The predicted molar refractivity (Wildman–Crippen MR) is 96.5 cm³/mol. The second-order valence-electron chi connectivity index (χ2n) is 6.67. The van der Waals surface area contributed by atoms with E-state index in [0.29, 0.717) is 17.5 Å². The van der Waals surface area contributed by atoms with Crippen LogP contribution in [-0.4, -0.2) is 50.7 Å². The number of benzene rings is 1. The molecule has 0 atom stereocenters. The third-order valence-electron chi connectivity index (χ3n) is 4.73. The average Bonchev–Trinajstić information content (AvgIpc) is 3.38. The van der Waals surface area contributed by atoms with E-state index in [-0.39, 0.29) is 17.6 Å². The van der Waals surface area contributed by atoms with E-state index in [1.165, 1.54) is 0 Å². The number of hydrogen-bond acceptors (Lipinski definition) is 4. The van der Waals surface area contributed by atoms with Crippen LogP contribution in [0.4, 0.5) is 0 Å². The van der Waals surface area contributed by atoms with E-state index < -0.39 is 9.84 Å². The molecule has 2 fully saturated rings. The number of nitrogens with one attached hydrogen (secondary N) is 1. The molecule has 3 rings (SSSR count). The van der Waals surface area contributed by atoms with E-state index in [1.807, 2.05) is 0 Å². The van der Waals surface area contributed by atoms with Crippen molar-refractivity contribution in [3.05, 3.63) is 28.7 Å². The van der Waals surface area contributed by atoms with E-state index in [2.05, 4.69) is 26.1 Å². The largest absolute Gasteiger partial charge is 0.353 e. The van der Waals surface area contributed by atoms with Crippen molar-refractivity contribution in [3.8, 4) is 0 Å². The fraction of sp³-hybridized carbons (Fsp3) is 0.588. The fourth-order valence-electron chi connectivity index (χ4n) is 2.97. The van der Waals surface area contributed by atoms with Crippen LogP contribution in [0.25, 0.3) is 0 Å². The van der Waals surface area contributed by atoms with Gasteiger partial charge in [0.05, 0.1) is 10.6 Å². The van der Waals surface area contributed by atoms with Gasteiger partial charge >= 0.3 is 0 Å². The predicted octanol–water partition coefficient (Wildman–Crippen LogP) is 2.21. The highest BCUT2D eigenvalue weighted by Gasteiger charge is 2.30. The standard InChI is InChI=1S/C17H23BrN2O3S/c18-14-1-5-16(6-2-14)24(22,23)12-11-20-9-7-13(8-10-20)17(21)19-15-3-4-15/h1-2,5-6,13,15H,3-4,7-12H2,(H,19,21).